The van der Waals surface area contributed by atoms with Gasteiger partial charge in [-0.3, -0.25) is 4.90 Å². The van der Waals surface area contributed by atoms with Gasteiger partial charge in [0.1, 0.15) is 5.75 Å². The summed E-state index contributed by atoms with van der Waals surface area (Å²) < 4.78 is 5.22. The van der Waals surface area contributed by atoms with Crippen LogP contribution in [0, 0.1) is 6.92 Å². The smallest absolute Gasteiger partial charge is 0.119 e. The summed E-state index contributed by atoms with van der Waals surface area (Å²) >= 11 is 0. The fourth-order valence-corrected chi connectivity index (χ4v) is 2.45. The first kappa shape index (κ1) is 12.4. The molecule has 2 N–H and O–H groups in total. The van der Waals surface area contributed by atoms with Crippen molar-refractivity contribution < 1.29 is 4.74 Å². The van der Waals surface area contributed by atoms with Crippen molar-refractivity contribution in [2.24, 2.45) is 5.73 Å². The number of methoxy groups -OCH3 is 1. The molecule has 0 aliphatic carbocycles. The van der Waals surface area contributed by atoms with Gasteiger partial charge in [-0.05, 0) is 49.6 Å². The highest BCUT2D eigenvalue weighted by molar-refractivity contribution is 5.34. The zero-order chi connectivity index (χ0) is 12.3. The lowest BCUT2D eigenvalue weighted by Gasteiger charge is -2.31. The summed E-state index contributed by atoms with van der Waals surface area (Å²) in [5.74, 6) is 0.932. The van der Waals surface area contributed by atoms with E-state index in [0.29, 0.717) is 6.04 Å². The molecule has 0 spiro atoms. The molecule has 1 aliphatic heterocycles. The van der Waals surface area contributed by atoms with Crippen LogP contribution in [0.4, 0.5) is 0 Å². The second kappa shape index (κ2) is 5.52. The summed E-state index contributed by atoms with van der Waals surface area (Å²) in [7, 11) is 1.71. The van der Waals surface area contributed by atoms with Crippen LogP contribution in [0.3, 0.4) is 0 Å². The highest BCUT2D eigenvalue weighted by Gasteiger charge is 2.17. The van der Waals surface area contributed by atoms with Gasteiger partial charge in [-0.1, -0.05) is 6.07 Å². The number of nitrogens with zero attached hydrogens (tertiary/aromatic N) is 1. The van der Waals surface area contributed by atoms with E-state index >= 15 is 0 Å². The number of piperidine rings is 1. The van der Waals surface area contributed by atoms with E-state index in [0.717, 1.165) is 25.3 Å². The van der Waals surface area contributed by atoms with E-state index in [1.807, 2.05) is 6.07 Å². The minimum absolute atomic E-state index is 0.349. The summed E-state index contributed by atoms with van der Waals surface area (Å²) in [6, 6.07) is 6.64. The molecule has 17 heavy (non-hydrogen) atoms. The molecule has 1 atom stereocenters. The number of hydrogen-bond acceptors (Lipinski definition) is 3. The molecule has 0 bridgehead atoms. The van der Waals surface area contributed by atoms with E-state index in [2.05, 4.69) is 24.0 Å². The number of aryl methyl sites for hydroxylation is 1. The van der Waals surface area contributed by atoms with Crippen LogP contribution in [0.15, 0.2) is 18.2 Å². The van der Waals surface area contributed by atoms with Crippen molar-refractivity contribution in [3.63, 3.8) is 0 Å². The van der Waals surface area contributed by atoms with Gasteiger partial charge in [0, 0.05) is 19.1 Å². The Kier molecular flexibility index (Phi) is 4.02. The Balaban J connectivity index is 2.02. The molecule has 94 valence electrons. The molecule has 1 fully saturated rings. The van der Waals surface area contributed by atoms with Crippen LogP contribution >= 0.6 is 0 Å². The van der Waals surface area contributed by atoms with Gasteiger partial charge in [0.25, 0.3) is 0 Å². The summed E-state index contributed by atoms with van der Waals surface area (Å²) in [6.45, 7) is 5.33. The van der Waals surface area contributed by atoms with Gasteiger partial charge in [0.15, 0.2) is 0 Å². The molecule has 0 aromatic heterocycles. The van der Waals surface area contributed by atoms with Gasteiger partial charge >= 0.3 is 0 Å². The Hall–Kier alpha value is -1.06. The number of rotatable bonds is 3. The van der Waals surface area contributed by atoms with Crippen LogP contribution in [-0.4, -0.2) is 31.1 Å². The maximum atomic E-state index is 6.00. The van der Waals surface area contributed by atoms with E-state index in [1.165, 1.54) is 24.1 Å². The van der Waals surface area contributed by atoms with Crippen LogP contribution in [0.5, 0.6) is 5.75 Å². The summed E-state index contributed by atoms with van der Waals surface area (Å²) in [5, 5.41) is 0. The molecule has 2 rings (SSSR count). The topological polar surface area (TPSA) is 38.5 Å². The van der Waals surface area contributed by atoms with E-state index in [9.17, 15) is 0 Å². The minimum Gasteiger partial charge on any atom is -0.497 e. The molecule has 1 aliphatic rings. The van der Waals surface area contributed by atoms with Gasteiger partial charge in [-0.15, -0.1) is 0 Å². The Bertz CT molecular complexity index is 378. The Morgan fingerprint density at radius 2 is 2.29 bits per heavy atom. The maximum absolute atomic E-state index is 6.00. The lowest BCUT2D eigenvalue weighted by Crippen LogP contribution is -2.42. The first-order chi connectivity index (χ1) is 8.19. The van der Waals surface area contributed by atoms with E-state index in [4.69, 9.17) is 10.5 Å². The highest BCUT2D eigenvalue weighted by Crippen LogP contribution is 2.19. The zero-order valence-corrected chi connectivity index (χ0v) is 10.8. The van der Waals surface area contributed by atoms with E-state index in [1.54, 1.807) is 7.11 Å². The van der Waals surface area contributed by atoms with E-state index in [-0.39, 0.29) is 0 Å². The van der Waals surface area contributed by atoms with E-state index < -0.39 is 0 Å². The van der Waals surface area contributed by atoms with Crippen molar-refractivity contribution in [2.45, 2.75) is 32.4 Å². The average molecular weight is 234 g/mol. The largest absolute Gasteiger partial charge is 0.497 e. The van der Waals surface area contributed by atoms with Gasteiger partial charge < -0.3 is 10.5 Å². The van der Waals surface area contributed by atoms with Crippen LogP contribution in [-0.2, 0) is 6.54 Å². The van der Waals surface area contributed by atoms with Crippen molar-refractivity contribution >= 4 is 0 Å². The molecule has 0 saturated carbocycles. The fourth-order valence-electron chi connectivity index (χ4n) is 2.45. The molecule has 0 unspecified atom stereocenters. The highest BCUT2D eigenvalue weighted by atomic mass is 16.5. The molecule has 1 heterocycles. The Morgan fingerprint density at radius 1 is 1.47 bits per heavy atom. The molecule has 3 nitrogen and oxygen atoms in total. The zero-order valence-electron chi connectivity index (χ0n) is 10.8. The fraction of sp³-hybridized carbons (Fsp3) is 0.571. The molecule has 0 amide bonds. The second-order valence-electron chi connectivity index (χ2n) is 4.93. The lowest BCUT2D eigenvalue weighted by atomic mass is 10.0. The predicted octanol–water partition coefficient (Wildman–Crippen LogP) is 1.93. The number of nitrogens with two attached hydrogens (primary N) is 1. The molecular formula is C14H22N2O. The van der Waals surface area contributed by atoms with Crippen molar-refractivity contribution in [3.8, 4) is 5.75 Å². The molecule has 0 radical (unpaired) electrons. The molecular weight excluding hydrogens is 212 g/mol. The molecule has 1 aromatic carbocycles. The van der Waals surface area contributed by atoms with Crippen molar-refractivity contribution in [1.29, 1.82) is 0 Å². The third kappa shape index (κ3) is 3.20. The van der Waals surface area contributed by atoms with Crippen LogP contribution in [0.25, 0.3) is 0 Å². The van der Waals surface area contributed by atoms with Crippen molar-refractivity contribution in [2.75, 3.05) is 20.2 Å². The number of likely N-dealkylation sites (tertiary alicyclic amines) is 1. The number of ether oxygens (including phenoxy) is 1. The second-order valence-corrected chi connectivity index (χ2v) is 4.93. The average Bonchev–Trinajstić information content (AvgIpc) is 2.32. The maximum Gasteiger partial charge on any atom is 0.119 e. The first-order valence-electron chi connectivity index (χ1n) is 6.30. The summed E-state index contributed by atoms with van der Waals surface area (Å²) in [4.78, 5) is 2.45. The van der Waals surface area contributed by atoms with Crippen LogP contribution in [0.1, 0.15) is 24.0 Å². The quantitative estimate of drug-likeness (QED) is 0.868. The predicted molar refractivity (Wildman–Crippen MR) is 70.2 cm³/mol. The number of hydrogen-bond donors (Lipinski definition) is 1. The summed E-state index contributed by atoms with van der Waals surface area (Å²) in [6.07, 6.45) is 2.38. The van der Waals surface area contributed by atoms with Gasteiger partial charge in [0.2, 0.25) is 0 Å². The monoisotopic (exact) mass is 234 g/mol. The van der Waals surface area contributed by atoms with Crippen molar-refractivity contribution in [3.05, 3.63) is 29.3 Å². The summed E-state index contributed by atoms with van der Waals surface area (Å²) in [5.41, 5.74) is 8.67. The molecule has 1 aromatic rings. The minimum atomic E-state index is 0.349. The standard InChI is InChI=1S/C14H22N2O/c1-11-8-14(17-2)6-5-12(11)9-16-7-3-4-13(15)10-16/h5-6,8,13H,3-4,7,9-10,15H2,1-2H3/t13-/m0/s1. The Morgan fingerprint density at radius 3 is 2.94 bits per heavy atom. The molecule has 3 heteroatoms. The third-order valence-electron chi connectivity index (χ3n) is 3.49. The van der Waals surface area contributed by atoms with Crippen LogP contribution < -0.4 is 10.5 Å². The number of benzene rings is 1. The third-order valence-corrected chi connectivity index (χ3v) is 3.49. The lowest BCUT2D eigenvalue weighted by molar-refractivity contribution is 0.201. The van der Waals surface area contributed by atoms with Gasteiger partial charge in [-0.25, -0.2) is 0 Å². The van der Waals surface area contributed by atoms with Crippen LogP contribution in [0.2, 0.25) is 0 Å². The van der Waals surface area contributed by atoms with Crippen molar-refractivity contribution in [1.82, 2.24) is 4.90 Å². The molecule has 1 saturated heterocycles. The normalized spacial score (nSPS) is 21.5. The Labute approximate surface area is 104 Å². The first-order valence-corrected chi connectivity index (χ1v) is 6.30. The SMILES string of the molecule is COc1ccc(CN2CCC[C@H](N)C2)c(C)c1. The van der Waals surface area contributed by atoms with Gasteiger partial charge in [-0.2, -0.15) is 0 Å². The van der Waals surface area contributed by atoms with Gasteiger partial charge in [0.05, 0.1) is 7.11 Å².